The second kappa shape index (κ2) is 11.3. The van der Waals surface area contributed by atoms with E-state index in [9.17, 15) is 14.7 Å². The van der Waals surface area contributed by atoms with Crippen molar-refractivity contribution in [2.75, 3.05) is 22.9 Å². The van der Waals surface area contributed by atoms with Crippen LogP contribution in [0.3, 0.4) is 0 Å². The Morgan fingerprint density at radius 1 is 1.18 bits per heavy atom. The van der Waals surface area contributed by atoms with Crippen molar-refractivity contribution in [2.45, 2.75) is 58.5 Å². The molecular formula is C29H32BrN5O4. The van der Waals surface area contributed by atoms with Crippen molar-refractivity contribution >= 4 is 56.0 Å². The largest absolute Gasteiger partial charge is 0.481 e. The normalized spacial score (nSPS) is 19.0. The molecule has 1 saturated heterocycles. The molecule has 1 aromatic carbocycles. The number of amides is 1. The molecule has 2 atom stereocenters. The molecule has 204 valence electrons. The molecule has 1 aliphatic heterocycles. The first-order chi connectivity index (χ1) is 18.8. The zero-order valence-electron chi connectivity index (χ0n) is 22.4. The molecule has 39 heavy (non-hydrogen) atoms. The number of nitrogens with zero attached hydrogens (tertiary/aromatic N) is 5. The Kier molecular flexibility index (Phi) is 7.80. The lowest BCUT2D eigenvalue weighted by molar-refractivity contribution is -0.143. The van der Waals surface area contributed by atoms with Gasteiger partial charge in [0.25, 0.3) is 5.88 Å². The first kappa shape index (κ1) is 27.0. The molecule has 0 bridgehead atoms. The predicted molar refractivity (Wildman–Crippen MR) is 153 cm³/mol. The van der Waals surface area contributed by atoms with E-state index in [1.165, 1.54) is 0 Å². The summed E-state index contributed by atoms with van der Waals surface area (Å²) in [4.78, 5) is 33.8. The number of carbonyl (C=O) groups is 2. The number of benzene rings is 1. The number of pyridine rings is 1. The molecule has 0 radical (unpaired) electrons. The van der Waals surface area contributed by atoms with Crippen LogP contribution in [0.5, 0.6) is 5.88 Å². The zero-order valence-corrected chi connectivity index (χ0v) is 24.0. The molecule has 0 spiro atoms. The highest BCUT2D eigenvalue weighted by atomic mass is 79.9. The smallest absolute Gasteiger partial charge is 0.308 e. The minimum atomic E-state index is -0.792. The summed E-state index contributed by atoms with van der Waals surface area (Å²) in [5, 5.41) is 14.0. The van der Waals surface area contributed by atoms with E-state index in [-0.39, 0.29) is 12.0 Å². The number of hydrogen-bond acceptors (Lipinski definition) is 6. The molecule has 1 amide bonds. The van der Waals surface area contributed by atoms with E-state index >= 15 is 0 Å². The zero-order chi connectivity index (χ0) is 27.7. The summed E-state index contributed by atoms with van der Waals surface area (Å²) in [5.74, 6) is 4.61. The highest BCUT2D eigenvalue weighted by molar-refractivity contribution is 9.10. The molecule has 2 aliphatic rings. The topological polar surface area (TPSA) is 101 Å². The maximum atomic E-state index is 13.5. The fraction of sp³-hybridized carbons (Fsp3) is 0.448. The Hall–Kier alpha value is -3.58. The van der Waals surface area contributed by atoms with E-state index in [4.69, 9.17) is 9.72 Å². The van der Waals surface area contributed by atoms with Crippen LogP contribution in [0.1, 0.15) is 51.0 Å². The van der Waals surface area contributed by atoms with Gasteiger partial charge >= 0.3 is 11.9 Å². The number of aliphatic carboxylic acids is 1. The second-order valence-electron chi connectivity index (χ2n) is 10.2. The summed E-state index contributed by atoms with van der Waals surface area (Å²) in [7, 11) is 1.81. The van der Waals surface area contributed by atoms with Gasteiger partial charge in [0.15, 0.2) is 5.52 Å². The number of hydrogen-bond donors (Lipinski definition) is 1. The standard InChI is InChI=1S/C29H32BrN5O4/c1-4-8-26(36)35(24-15-18(2)21(30)17-23(24)34-13-5-6-14-34)25-12-11-22-27(31-25)28(32-33(22)3)39-20-10-7-9-19(16-20)29(37)38/h11-12,15,17,19-20H,5-7,9-10,13-14,16H2,1-3H3,(H,37,38)/t19-,20+/m1/s1. The number of carboxylic acid groups (broad SMARTS) is 1. The van der Waals surface area contributed by atoms with Gasteiger partial charge < -0.3 is 14.7 Å². The molecule has 3 heterocycles. The summed E-state index contributed by atoms with van der Waals surface area (Å²) in [5.41, 5.74) is 3.93. The fourth-order valence-electron chi connectivity index (χ4n) is 5.48. The molecule has 1 aliphatic carbocycles. The highest BCUT2D eigenvalue weighted by Gasteiger charge is 2.30. The van der Waals surface area contributed by atoms with Crippen molar-refractivity contribution < 1.29 is 19.4 Å². The Balaban J connectivity index is 1.59. The molecule has 2 aromatic heterocycles. The summed E-state index contributed by atoms with van der Waals surface area (Å²) in [6.07, 6.45) is 4.56. The monoisotopic (exact) mass is 593 g/mol. The van der Waals surface area contributed by atoms with Gasteiger partial charge in [0, 0.05) is 24.6 Å². The Labute approximate surface area is 236 Å². The van der Waals surface area contributed by atoms with E-state index in [1.807, 2.05) is 26.1 Å². The van der Waals surface area contributed by atoms with E-state index in [1.54, 1.807) is 22.6 Å². The summed E-state index contributed by atoms with van der Waals surface area (Å²) >= 11 is 3.67. The molecule has 1 saturated carbocycles. The number of aromatic nitrogens is 3. The van der Waals surface area contributed by atoms with Crippen LogP contribution in [0.4, 0.5) is 17.2 Å². The van der Waals surface area contributed by atoms with Gasteiger partial charge in [-0.15, -0.1) is 5.10 Å². The number of carbonyl (C=O) groups excluding carboxylic acids is 1. The van der Waals surface area contributed by atoms with Crippen LogP contribution in [-0.2, 0) is 16.6 Å². The molecule has 3 aromatic rings. The number of fused-ring (bicyclic) bond motifs is 1. The molecule has 0 unspecified atom stereocenters. The quantitative estimate of drug-likeness (QED) is 0.384. The van der Waals surface area contributed by atoms with Crippen molar-refractivity contribution in [3.63, 3.8) is 0 Å². The van der Waals surface area contributed by atoms with Crippen LogP contribution < -0.4 is 14.5 Å². The van der Waals surface area contributed by atoms with Crippen molar-refractivity contribution in [3.8, 4) is 17.7 Å². The number of aryl methyl sites for hydroxylation is 2. The Morgan fingerprint density at radius 3 is 2.67 bits per heavy atom. The third kappa shape index (κ3) is 5.46. The predicted octanol–water partition coefficient (Wildman–Crippen LogP) is 5.35. The van der Waals surface area contributed by atoms with Crippen molar-refractivity contribution in [2.24, 2.45) is 13.0 Å². The van der Waals surface area contributed by atoms with Gasteiger partial charge in [-0.25, -0.2) is 4.98 Å². The minimum absolute atomic E-state index is 0.261. The summed E-state index contributed by atoms with van der Waals surface area (Å²) < 4.78 is 8.92. The lowest BCUT2D eigenvalue weighted by Crippen LogP contribution is -2.30. The van der Waals surface area contributed by atoms with Gasteiger partial charge in [0.2, 0.25) is 0 Å². The van der Waals surface area contributed by atoms with Crippen LogP contribution >= 0.6 is 15.9 Å². The van der Waals surface area contributed by atoms with E-state index in [0.717, 1.165) is 65.7 Å². The molecular weight excluding hydrogens is 562 g/mol. The van der Waals surface area contributed by atoms with Crippen LogP contribution in [0, 0.1) is 24.7 Å². The summed E-state index contributed by atoms with van der Waals surface area (Å²) in [6.45, 7) is 5.46. The van der Waals surface area contributed by atoms with Gasteiger partial charge in [-0.1, -0.05) is 21.9 Å². The molecule has 9 nitrogen and oxygen atoms in total. The van der Waals surface area contributed by atoms with E-state index in [0.29, 0.717) is 30.1 Å². The highest BCUT2D eigenvalue weighted by Crippen LogP contribution is 2.40. The maximum Gasteiger partial charge on any atom is 0.308 e. The lowest BCUT2D eigenvalue weighted by atomic mass is 9.87. The van der Waals surface area contributed by atoms with Gasteiger partial charge in [-0.3, -0.25) is 19.2 Å². The van der Waals surface area contributed by atoms with Gasteiger partial charge in [-0.2, -0.15) is 0 Å². The maximum absolute atomic E-state index is 13.5. The minimum Gasteiger partial charge on any atom is -0.481 e. The SMILES string of the molecule is CC#CC(=O)N(c1ccc2c(n1)c(O[C@H]1CCC[C@@H](C(=O)O)C1)nn2C)c1cc(C)c(Br)cc1N1CCCC1. The van der Waals surface area contributed by atoms with Crippen LogP contribution in [-0.4, -0.2) is 50.9 Å². The van der Waals surface area contributed by atoms with Gasteiger partial charge in [0.1, 0.15) is 11.9 Å². The second-order valence-corrected chi connectivity index (χ2v) is 11.1. The molecule has 2 fully saturated rings. The molecule has 5 rings (SSSR count). The Morgan fingerprint density at radius 2 is 1.95 bits per heavy atom. The van der Waals surface area contributed by atoms with E-state index in [2.05, 4.69) is 43.8 Å². The number of ether oxygens (including phenoxy) is 1. The third-order valence-electron chi connectivity index (χ3n) is 7.51. The van der Waals surface area contributed by atoms with Crippen molar-refractivity contribution in [1.29, 1.82) is 0 Å². The number of anilines is 3. The average molecular weight is 595 g/mol. The first-order valence-corrected chi connectivity index (χ1v) is 14.1. The van der Waals surface area contributed by atoms with Gasteiger partial charge in [-0.05, 0) is 88.1 Å². The first-order valence-electron chi connectivity index (χ1n) is 13.3. The summed E-state index contributed by atoms with van der Waals surface area (Å²) in [6, 6.07) is 7.73. The number of rotatable bonds is 6. The van der Waals surface area contributed by atoms with Crippen LogP contribution in [0.25, 0.3) is 11.0 Å². The van der Waals surface area contributed by atoms with E-state index < -0.39 is 11.9 Å². The van der Waals surface area contributed by atoms with Crippen molar-refractivity contribution in [1.82, 2.24) is 14.8 Å². The third-order valence-corrected chi connectivity index (χ3v) is 8.37. The van der Waals surface area contributed by atoms with Crippen LogP contribution in [0.2, 0.25) is 0 Å². The molecule has 1 N–H and O–H groups in total. The lowest BCUT2D eigenvalue weighted by Gasteiger charge is -2.28. The molecule has 10 heteroatoms. The Bertz CT molecular complexity index is 1480. The van der Waals surface area contributed by atoms with Crippen molar-refractivity contribution in [3.05, 3.63) is 34.3 Å². The van der Waals surface area contributed by atoms with Crippen LogP contribution in [0.15, 0.2) is 28.7 Å². The van der Waals surface area contributed by atoms with Gasteiger partial charge in [0.05, 0.1) is 22.8 Å². The average Bonchev–Trinajstić information content (AvgIpc) is 3.55. The number of halogens is 1. The fourth-order valence-corrected chi connectivity index (χ4v) is 5.81. The number of carboxylic acids is 1.